The molecule has 1 aromatic carbocycles. The van der Waals surface area contributed by atoms with Gasteiger partial charge in [0.25, 0.3) is 5.91 Å². The van der Waals surface area contributed by atoms with Crippen molar-refractivity contribution in [1.82, 2.24) is 19.9 Å². The zero-order valence-corrected chi connectivity index (χ0v) is 17.3. The van der Waals surface area contributed by atoms with Crippen LogP contribution in [0, 0.1) is 5.82 Å². The Labute approximate surface area is 180 Å². The number of nitrogens with one attached hydrogen (secondary N) is 1. The number of para-hydroxylation sites is 1. The van der Waals surface area contributed by atoms with Crippen molar-refractivity contribution in [3.05, 3.63) is 66.4 Å². The van der Waals surface area contributed by atoms with E-state index >= 15 is 0 Å². The Morgan fingerprint density at radius 3 is 2.90 bits per heavy atom. The normalized spacial score (nSPS) is 16.1. The quantitative estimate of drug-likeness (QED) is 0.656. The number of amides is 1. The minimum atomic E-state index is -0.477. The Kier molecular flexibility index (Phi) is 6.35. The van der Waals surface area contributed by atoms with E-state index in [0.29, 0.717) is 18.9 Å². The fourth-order valence-electron chi connectivity index (χ4n) is 3.66. The molecule has 31 heavy (non-hydrogen) atoms. The van der Waals surface area contributed by atoms with Crippen LogP contribution in [0.3, 0.4) is 0 Å². The molecule has 1 unspecified atom stereocenters. The molecular weight excluding hydrogens is 397 g/mol. The van der Waals surface area contributed by atoms with Crippen molar-refractivity contribution in [2.24, 2.45) is 0 Å². The van der Waals surface area contributed by atoms with Crippen molar-refractivity contribution in [1.29, 1.82) is 0 Å². The molecule has 8 heteroatoms. The summed E-state index contributed by atoms with van der Waals surface area (Å²) in [6.07, 6.45) is 5.22. The van der Waals surface area contributed by atoms with Crippen LogP contribution in [0.15, 0.2) is 54.9 Å². The van der Waals surface area contributed by atoms with Gasteiger partial charge in [0.2, 0.25) is 0 Å². The van der Waals surface area contributed by atoms with Crippen LogP contribution >= 0.6 is 0 Å². The molecule has 0 spiro atoms. The first-order valence-electron chi connectivity index (χ1n) is 10.3. The maximum absolute atomic E-state index is 13.7. The fraction of sp³-hybridized carbons (Fsp3) is 0.304. The fourth-order valence-corrected chi connectivity index (χ4v) is 3.66. The number of hydrogen-bond donors (Lipinski definition) is 1. The van der Waals surface area contributed by atoms with Gasteiger partial charge in [0.05, 0.1) is 5.69 Å². The number of ether oxygens (including phenoxy) is 1. The second-order valence-electron chi connectivity index (χ2n) is 7.39. The number of hydrogen-bond acceptors (Lipinski definition) is 6. The Balaban J connectivity index is 1.48. The maximum atomic E-state index is 13.7. The van der Waals surface area contributed by atoms with E-state index < -0.39 is 5.82 Å². The topological polar surface area (TPSA) is 80.2 Å². The Morgan fingerprint density at radius 2 is 2.13 bits per heavy atom. The van der Waals surface area contributed by atoms with Crippen LogP contribution in [0.5, 0.6) is 5.75 Å². The molecule has 3 heterocycles. The van der Waals surface area contributed by atoms with Gasteiger partial charge in [0.15, 0.2) is 24.0 Å². The summed E-state index contributed by atoms with van der Waals surface area (Å²) in [7, 11) is 1.82. The molecule has 1 aliphatic rings. The van der Waals surface area contributed by atoms with E-state index in [0.717, 1.165) is 29.9 Å². The van der Waals surface area contributed by atoms with E-state index in [1.54, 1.807) is 29.4 Å². The summed E-state index contributed by atoms with van der Waals surface area (Å²) in [5.41, 5.74) is 1.72. The van der Waals surface area contributed by atoms with Crippen LogP contribution < -0.4 is 10.1 Å². The highest BCUT2D eigenvalue weighted by atomic mass is 19.1. The Bertz CT molecular complexity index is 1050. The molecule has 0 aliphatic carbocycles. The summed E-state index contributed by atoms with van der Waals surface area (Å²) < 4.78 is 19.1. The minimum Gasteiger partial charge on any atom is -0.481 e. The SMILES string of the molecule is CNc1cc(C2CCCN(C(=O)COc3ccccc3F)C2)nc(-c2cccnc2)n1. The molecule has 7 nitrogen and oxygen atoms in total. The van der Waals surface area contributed by atoms with Crippen molar-refractivity contribution in [3.63, 3.8) is 0 Å². The van der Waals surface area contributed by atoms with Crippen molar-refractivity contribution in [2.75, 3.05) is 32.1 Å². The molecule has 1 amide bonds. The number of piperidine rings is 1. The number of anilines is 1. The molecule has 1 saturated heterocycles. The smallest absolute Gasteiger partial charge is 0.260 e. The van der Waals surface area contributed by atoms with E-state index in [1.165, 1.54) is 12.1 Å². The lowest BCUT2D eigenvalue weighted by Gasteiger charge is -2.32. The molecule has 1 atom stereocenters. The lowest BCUT2D eigenvalue weighted by molar-refractivity contribution is -0.134. The van der Waals surface area contributed by atoms with Crippen LogP contribution in [-0.4, -0.2) is 52.5 Å². The summed E-state index contributed by atoms with van der Waals surface area (Å²) in [6.45, 7) is 0.988. The lowest BCUT2D eigenvalue weighted by Crippen LogP contribution is -2.41. The first-order chi connectivity index (χ1) is 15.1. The summed E-state index contributed by atoms with van der Waals surface area (Å²) >= 11 is 0. The highest BCUT2D eigenvalue weighted by molar-refractivity contribution is 5.78. The average Bonchev–Trinajstić information content (AvgIpc) is 2.83. The second-order valence-corrected chi connectivity index (χ2v) is 7.39. The molecule has 0 bridgehead atoms. The summed E-state index contributed by atoms with van der Waals surface area (Å²) in [6, 6.07) is 11.8. The third-order valence-electron chi connectivity index (χ3n) is 5.30. The van der Waals surface area contributed by atoms with Crippen LogP contribution in [0.4, 0.5) is 10.2 Å². The highest BCUT2D eigenvalue weighted by Crippen LogP contribution is 2.29. The standard InChI is InChI=1S/C23H24FN5O2/c1-25-21-12-19(27-23(28-21)16-6-4-10-26-13-16)17-7-5-11-29(14-17)22(30)15-31-20-9-3-2-8-18(20)24/h2-4,6,8-10,12-13,17H,5,7,11,14-15H2,1H3,(H,25,27,28). The predicted molar refractivity (Wildman–Crippen MR) is 115 cm³/mol. The largest absolute Gasteiger partial charge is 0.481 e. The van der Waals surface area contributed by atoms with E-state index in [-0.39, 0.29) is 24.2 Å². The molecule has 2 aromatic heterocycles. The van der Waals surface area contributed by atoms with Gasteiger partial charge in [-0.2, -0.15) is 0 Å². The van der Waals surface area contributed by atoms with Gasteiger partial charge in [0, 0.05) is 50.1 Å². The summed E-state index contributed by atoms with van der Waals surface area (Å²) in [5, 5.41) is 3.09. The number of benzene rings is 1. The van der Waals surface area contributed by atoms with Crippen molar-refractivity contribution < 1.29 is 13.9 Å². The Morgan fingerprint density at radius 1 is 1.26 bits per heavy atom. The van der Waals surface area contributed by atoms with Gasteiger partial charge in [-0.25, -0.2) is 14.4 Å². The molecule has 1 aliphatic heterocycles. The summed E-state index contributed by atoms with van der Waals surface area (Å²) in [5.74, 6) is 0.840. The molecule has 4 rings (SSSR count). The van der Waals surface area contributed by atoms with Crippen LogP contribution in [0.1, 0.15) is 24.5 Å². The average molecular weight is 421 g/mol. The maximum Gasteiger partial charge on any atom is 0.260 e. The van der Waals surface area contributed by atoms with E-state index in [1.807, 2.05) is 25.2 Å². The second kappa shape index (κ2) is 9.51. The molecular formula is C23H24FN5O2. The number of rotatable bonds is 6. The van der Waals surface area contributed by atoms with Crippen LogP contribution in [0.2, 0.25) is 0 Å². The molecule has 0 saturated carbocycles. The number of carbonyl (C=O) groups is 1. The van der Waals surface area contributed by atoms with Gasteiger partial charge in [-0.15, -0.1) is 0 Å². The molecule has 0 radical (unpaired) electrons. The van der Waals surface area contributed by atoms with Crippen LogP contribution in [0.25, 0.3) is 11.4 Å². The zero-order valence-electron chi connectivity index (χ0n) is 17.3. The van der Waals surface area contributed by atoms with E-state index in [9.17, 15) is 9.18 Å². The summed E-state index contributed by atoms with van der Waals surface area (Å²) in [4.78, 5) is 27.9. The predicted octanol–water partition coefficient (Wildman–Crippen LogP) is 3.50. The monoisotopic (exact) mass is 421 g/mol. The zero-order chi connectivity index (χ0) is 21.6. The van der Waals surface area contributed by atoms with Crippen molar-refractivity contribution in [2.45, 2.75) is 18.8 Å². The molecule has 3 aromatic rings. The first kappa shape index (κ1) is 20.7. The third kappa shape index (κ3) is 4.96. The molecule has 1 fully saturated rings. The first-order valence-corrected chi connectivity index (χ1v) is 10.3. The Hall–Kier alpha value is -3.55. The van der Waals surface area contributed by atoms with Crippen LogP contribution in [-0.2, 0) is 4.79 Å². The van der Waals surface area contributed by atoms with Gasteiger partial charge in [-0.1, -0.05) is 12.1 Å². The van der Waals surface area contributed by atoms with Gasteiger partial charge in [-0.05, 0) is 37.1 Å². The third-order valence-corrected chi connectivity index (χ3v) is 5.30. The highest BCUT2D eigenvalue weighted by Gasteiger charge is 2.27. The van der Waals surface area contributed by atoms with Gasteiger partial charge < -0.3 is 15.0 Å². The van der Waals surface area contributed by atoms with Crippen molar-refractivity contribution >= 4 is 11.7 Å². The van der Waals surface area contributed by atoms with Gasteiger partial charge in [0.1, 0.15) is 5.82 Å². The van der Waals surface area contributed by atoms with Crippen molar-refractivity contribution in [3.8, 4) is 17.1 Å². The number of nitrogens with zero attached hydrogens (tertiary/aromatic N) is 4. The number of aromatic nitrogens is 3. The van der Waals surface area contributed by atoms with E-state index in [2.05, 4.69) is 15.3 Å². The minimum absolute atomic E-state index is 0.0803. The van der Waals surface area contributed by atoms with Gasteiger partial charge in [-0.3, -0.25) is 9.78 Å². The van der Waals surface area contributed by atoms with E-state index in [4.69, 9.17) is 9.72 Å². The molecule has 160 valence electrons. The molecule has 1 N–H and O–H groups in total. The number of carbonyl (C=O) groups excluding carboxylic acids is 1. The lowest BCUT2D eigenvalue weighted by atomic mass is 9.94. The number of likely N-dealkylation sites (tertiary alicyclic amines) is 1. The number of halogens is 1. The van der Waals surface area contributed by atoms with Gasteiger partial charge >= 0.3 is 0 Å². The number of pyridine rings is 1.